The van der Waals surface area contributed by atoms with Crippen LogP contribution < -0.4 is 15.4 Å². The minimum Gasteiger partial charge on any atom is -0.494 e. The molecule has 0 heterocycles. The summed E-state index contributed by atoms with van der Waals surface area (Å²) < 4.78 is 5.49. The van der Waals surface area contributed by atoms with Gasteiger partial charge in [-0.3, -0.25) is 4.79 Å². The number of nitrogens with zero attached hydrogens (tertiary/aromatic N) is 1. The van der Waals surface area contributed by atoms with Crippen LogP contribution in [0, 0.1) is 6.92 Å². The highest BCUT2D eigenvalue weighted by atomic mass is 16.5. The van der Waals surface area contributed by atoms with Gasteiger partial charge in [-0.25, -0.2) is 0 Å². The maximum atomic E-state index is 12.1. The molecule has 19 heavy (non-hydrogen) atoms. The number of anilines is 1. The lowest BCUT2D eigenvalue weighted by Crippen LogP contribution is -2.39. The minimum absolute atomic E-state index is 0.0102. The number of hydrogen-bond acceptors (Lipinski definition) is 3. The van der Waals surface area contributed by atoms with Crippen LogP contribution >= 0.6 is 0 Å². The van der Waals surface area contributed by atoms with Crippen LogP contribution in [0.25, 0.3) is 0 Å². The fourth-order valence-electron chi connectivity index (χ4n) is 1.81. The highest BCUT2D eigenvalue weighted by Gasteiger charge is 2.20. The summed E-state index contributed by atoms with van der Waals surface area (Å²) in [5.74, 6) is 0.863. The van der Waals surface area contributed by atoms with Crippen LogP contribution in [-0.4, -0.2) is 25.1 Å². The molecule has 2 N–H and O–H groups in total. The van der Waals surface area contributed by atoms with Crippen molar-refractivity contribution in [1.82, 2.24) is 0 Å². The van der Waals surface area contributed by atoms with Gasteiger partial charge >= 0.3 is 0 Å². The second kappa shape index (κ2) is 6.06. The quantitative estimate of drug-likeness (QED) is 0.889. The molecule has 0 unspecified atom stereocenters. The standard InChI is InChI=1S/C15H24N2O2/c1-6-19-13-8-7-12(9-11(13)2)17(5)14(18)10-15(3,4)16/h7-9H,6,10,16H2,1-5H3. The van der Waals surface area contributed by atoms with Gasteiger partial charge in [-0.05, 0) is 51.5 Å². The minimum atomic E-state index is -0.494. The first-order valence-electron chi connectivity index (χ1n) is 6.53. The fraction of sp³-hybridized carbons (Fsp3) is 0.533. The second-order valence-electron chi connectivity index (χ2n) is 5.50. The molecule has 0 aliphatic carbocycles. The molecule has 1 aromatic carbocycles. The molecule has 0 aromatic heterocycles. The van der Waals surface area contributed by atoms with Gasteiger partial charge in [0.25, 0.3) is 0 Å². The number of nitrogens with two attached hydrogens (primary N) is 1. The number of ether oxygens (including phenoxy) is 1. The number of aryl methyl sites for hydroxylation is 1. The Balaban J connectivity index is 2.85. The molecule has 1 aromatic rings. The molecular weight excluding hydrogens is 240 g/mol. The molecule has 0 saturated heterocycles. The zero-order valence-electron chi connectivity index (χ0n) is 12.5. The summed E-state index contributed by atoms with van der Waals surface area (Å²) in [5.41, 5.74) is 7.26. The molecule has 1 rings (SSSR count). The zero-order chi connectivity index (χ0) is 14.6. The van der Waals surface area contributed by atoms with Crippen molar-refractivity contribution in [2.45, 2.75) is 39.7 Å². The van der Waals surface area contributed by atoms with Crippen LogP contribution in [0.2, 0.25) is 0 Å². The molecule has 0 radical (unpaired) electrons. The van der Waals surface area contributed by atoms with Crippen LogP contribution in [0.1, 0.15) is 32.8 Å². The Labute approximate surface area is 115 Å². The lowest BCUT2D eigenvalue weighted by Gasteiger charge is -2.24. The van der Waals surface area contributed by atoms with E-state index in [1.165, 1.54) is 0 Å². The molecule has 106 valence electrons. The molecule has 4 nitrogen and oxygen atoms in total. The van der Waals surface area contributed by atoms with E-state index in [0.29, 0.717) is 13.0 Å². The third-order valence-corrected chi connectivity index (χ3v) is 2.83. The first-order chi connectivity index (χ1) is 8.74. The Morgan fingerprint density at radius 1 is 1.42 bits per heavy atom. The summed E-state index contributed by atoms with van der Waals surface area (Å²) in [4.78, 5) is 13.7. The van der Waals surface area contributed by atoms with Gasteiger partial charge in [0.15, 0.2) is 0 Å². The molecule has 0 fully saturated rings. The Morgan fingerprint density at radius 2 is 2.05 bits per heavy atom. The first-order valence-corrected chi connectivity index (χ1v) is 6.53. The van der Waals surface area contributed by atoms with E-state index in [1.54, 1.807) is 11.9 Å². The second-order valence-corrected chi connectivity index (χ2v) is 5.50. The number of benzene rings is 1. The largest absolute Gasteiger partial charge is 0.494 e. The van der Waals surface area contributed by atoms with Gasteiger partial charge in [-0.15, -0.1) is 0 Å². The van der Waals surface area contributed by atoms with E-state index in [-0.39, 0.29) is 5.91 Å². The SMILES string of the molecule is CCOc1ccc(N(C)C(=O)CC(C)(C)N)cc1C. The normalized spacial score (nSPS) is 11.3. The maximum absolute atomic E-state index is 12.1. The Kier molecular flexibility index (Phi) is 4.95. The maximum Gasteiger partial charge on any atom is 0.228 e. The molecule has 4 heteroatoms. The van der Waals surface area contributed by atoms with E-state index >= 15 is 0 Å². The van der Waals surface area contributed by atoms with Crippen LogP contribution in [0.5, 0.6) is 5.75 Å². The molecule has 1 amide bonds. The lowest BCUT2D eigenvalue weighted by atomic mass is 10.0. The van der Waals surface area contributed by atoms with Gasteiger partial charge in [-0.1, -0.05) is 0 Å². The van der Waals surface area contributed by atoms with Crippen LogP contribution in [0.15, 0.2) is 18.2 Å². The smallest absolute Gasteiger partial charge is 0.228 e. The average molecular weight is 264 g/mol. The van der Waals surface area contributed by atoms with Crippen molar-refractivity contribution in [2.75, 3.05) is 18.6 Å². The van der Waals surface area contributed by atoms with E-state index < -0.39 is 5.54 Å². The summed E-state index contributed by atoms with van der Waals surface area (Å²) >= 11 is 0. The number of rotatable bonds is 5. The van der Waals surface area contributed by atoms with Crippen LogP contribution in [-0.2, 0) is 4.79 Å². The third kappa shape index (κ3) is 4.56. The first kappa shape index (κ1) is 15.5. The zero-order valence-corrected chi connectivity index (χ0v) is 12.5. The third-order valence-electron chi connectivity index (χ3n) is 2.83. The van der Waals surface area contributed by atoms with Crippen molar-refractivity contribution in [3.8, 4) is 5.75 Å². The van der Waals surface area contributed by atoms with E-state index in [0.717, 1.165) is 17.0 Å². The molecule has 0 spiro atoms. The van der Waals surface area contributed by atoms with E-state index in [1.807, 2.05) is 45.9 Å². The molecule has 0 aliphatic rings. The van der Waals surface area contributed by atoms with E-state index in [4.69, 9.17) is 10.5 Å². The van der Waals surface area contributed by atoms with Crippen molar-refractivity contribution >= 4 is 11.6 Å². The van der Waals surface area contributed by atoms with Crippen molar-refractivity contribution < 1.29 is 9.53 Å². The lowest BCUT2D eigenvalue weighted by molar-refractivity contribution is -0.119. The highest BCUT2D eigenvalue weighted by Crippen LogP contribution is 2.24. The van der Waals surface area contributed by atoms with E-state index in [9.17, 15) is 4.79 Å². The monoisotopic (exact) mass is 264 g/mol. The van der Waals surface area contributed by atoms with Gasteiger partial charge in [0.05, 0.1) is 6.61 Å². The number of carbonyl (C=O) groups excluding carboxylic acids is 1. The topological polar surface area (TPSA) is 55.6 Å². The molecule has 0 saturated carbocycles. The van der Waals surface area contributed by atoms with Gasteiger partial charge in [0, 0.05) is 24.7 Å². The Hall–Kier alpha value is -1.55. The highest BCUT2D eigenvalue weighted by molar-refractivity contribution is 5.93. The van der Waals surface area contributed by atoms with Gasteiger partial charge in [0.1, 0.15) is 5.75 Å². The Bertz CT molecular complexity index is 450. The molecule has 0 aliphatic heterocycles. The molecular formula is C15H24N2O2. The predicted octanol–water partition coefficient (Wildman–Crippen LogP) is 2.48. The predicted molar refractivity (Wildman–Crippen MR) is 78.6 cm³/mol. The van der Waals surface area contributed by atoms with E-state index in [2.05, 4.69) is 0 Å². The number of amides is 1. The van der Waals surface area contributed by atoms with Gasteiger partial charge in [-0.2, -0.15) is 0 Å². The summed E-state index contributed by atoms with van der Waals surface area (Å²) in [6.45, 7) is 8.26. The average Bonchev–Trinajstić information content (AvgIpc) is 2.29. The molecule has 0 bridgehead atoms. The molecule has 0 atom stereocenters. The van der Waals surface area contributed by atoms with Crippen molar-refractivity contribution in [3.63, 3.8) is 0 Å². The number of carbonyl (C=O) groups is 1. The number of hydrogen-bond donors (Lipinski definition) is 1. The van der Waals surface area contributed by atoms with Crippen LogP contribution in [0.3, 0.4) is 0 Å². The fourth-order valence-corrected chi connectivity index (χ4v) is 1.81. The summed E-state index contributed by atoms with van der Waals surface area (Å²) in [5, 5.41) is 0. The van der Waals surface area contributed by atoms with Gasteiger partial charge in [0.2, 0.25) is 5.91 Å². The van der Waals surface area contributed by atoms with Crippen molar-refractivity contribution in [1.29, 1.82) is 0 Å². The van der Waals surface area contributed by atoms with Crippen LogP contribution in [0.4, 0.5) is 5.69 Å². The summed E-state index contributed by atoms with van der Waals surface area (Å²) in [7, 11) is 1.77. The summed E-state index contributed by atoms with van der Waals surface area (Å²) in [6.07, 6.45) is 0.315. The summed E-state index contributed by atoms with van der Waals surface area (Å²) in [6, 6.07) is 5.73. The Morgan fingerprint density at radius 3 is 2.53 bits per heavy atom. The van der Waals surface area contributed by atoms with Gasteiger partial charge < -0.3 is 15.4 Å². The van der Waals surface area contributed by atoms with Crippen molar-refractivity contribution in [2.24, 2.45) is 5.73 Å². The van der Waals surface area contributed by atoms with Crippen molar-refractivity contribution in [3.05, 3.63) is 23.8 Å².